The van der Waals surface area contributed by atoms with Crippen LogP contribution in [-0.2, 0) is 16.0 Å². The van der Waals surface area contributed by atoms with E-state index in [1.807, 2.05) is 59.1 Å². The van der Waals surface area contributed by atoms with Crippen molar-refractivity contribution in [3.8, 4) is 11.3 Å². The second-order valence-corrected chi connectivity index (χ2v) is 4.49. The average molecular weight is 266 g/mol. The number of hydrogen-bond donors (Lipinski definition) is 0. The fourth-order valence-electron chi connectivity index (χ4n) is 2.18. The maximum atomic E-state index is 11.4. The van der Waals surface area contributed by atoms with Crippen molar-refractivity contribution in [2.45, 2.75) is 6.42 Å². The highest BCUT2D eigenvalue weighted by atomic mass is 16.5. The zero-order valence-electron chi connectivity index (χ0n) is 11.1. The summed E-state index contributed by atoms with van der Waals surface area (Å²) in [7, 11) is 1.39. The van der Waals surface area contributed by atoms with Gasteiger partial charge in [-0.25, -0.2) is 4.98 Å². The Kier molecular flexibility index (Phi) is 3.21. The normalized spacial score (nSPS) is 10.7. The largest absolute Gasteiger partial charge is 0.469 e. The lowest BCUT2D eigenvalue weighted by atomic mass is 10.2. The Morgan fingerprint density at radius 2 is 1.95 bits per heavy atom. The number of benzene rings is 1. The minimum absolute atomic E-state index is 0.235. The van der Waals surface area contributed by atoms with E-state index in [1.54, 1.807) is 0 Å². The van der Waals surface area contributed by atoms with Crippen LogP contribution in [0.5, 0.6) is 0 Å². The third kappa shape index (κ3) is 2.28. The molecule has 0 aliphatic heterocycles. The summed E-state index contributed by atoms with van der Waals surface area (Å²) in [5.74, 6) is -0.257. The average Bonchev–Trinajstić information content (AvgIpc) is 2.93. The van der Waals surface area contributed by atoms with Crippen LogP contribution in [0.15, 0.2) is 54.7 Å². The zero-order chi connectivity index (χ0) is 13.9. The van der Waals surface area contributed by atoms with Crippen LogP contribution in [-0.4, -0.2) is 22.5 Å². The van der Waals surface area contributed by atoms with Gasteiger partial charge in [-0.2, -0.15) is 0 Å². The van der Waals surface area contributed by atoms with Crippen LogP contribution in [0, 0.1) is 0 Å². The summed E-state index contributed by atoms with van der Waals surface area (Å²) >= 11 is 0. The topological polar surface area (TPSA) is 43.6 Å². The Bertz CT molecular complexity index is 748. The van der Waals surface area contributed by atoms with Crippen molar-refractivity contribution in [3.05, 3.63) is 60.4 Å². The summed E-state index contributed by atoms with van der Waals surface area (Å²) in [5, 5.41) is 0. The number of aromatic nitrogens is 2. The van der Waals surface area contributed by atoms with Gasteiger partial charge in [0.15, 0.2) is 0 Å². The molecule has 2 heterocycles. The number of fused-ring (bicyclic) bond motifs is 1. The lowest BCUT2D eigenvalue weighted by Gasteiger charge is -2.03. The van der Waals surface area contributed by atoms with E-state index in [1.165, 1.54) is 7.11 Å². The summed E-state index contributed by atoms with van der Waals surface area (Å²) in [4.78, 5) is 16.0. The molecule has 0 aliphatic rings. The number of hydrogen-bond acceptors (Lipinski definition) is 3. The van der Waals surface area contributed by atoms with Gasteiger partial charge in [0.2, 0.25) is 0 Å². The molecule has 100 valence electrons. The minimum Gasteiger partial charge on any atom is -0.469 e. The van der Waals surface area contributed by atoms with Crippen molar-refractivity contribution in [3.63, 3.8) is 0 Å². The Morgan fingerprint density at radius 3 is 2.70 bits per heavy atom. The molecule has 0 unspecified atom stereocenters. The highest BCUT2D eigenvalue weighted by Gasteiger charge is 2.10. The fourth-order valence-corrected chi connectivity index (χ4v) is 2.18. The number of carbonyl (C=O) groups is 1. The van der Waals surface area contributed by atoms with E-state index in [9.17, 15) is 4.79 Å². The quantitative estimate of drug-likeness (QED) is 0.685. The van der Waals surface area contributed by atoms with Gasteiger partial charge in [-0.15, -0.1) is 0 Å². The molecule has 4 heteroatoms. The number of imidazole rings is 1. The summed E-state index contributed by atoms with van der Waals surface area (Å²) in [6.45, 7) is 0. The molecule has 2 aromatic heterocycles. The van der Waals surface area contributed by atoms with Crippen LogP contribution in [0.4, 0.5) is 0 Å². The monoisotopic (exact) mass is 266 g/mol. The first-order valence-electron chi connectivity index (χ1n) is 6.37. The van der Waals surface area contributed by atoms with E-state index in [2.05, 4.69) is 4.98 Å². The molecule has 1 aromatic carbocycles. The molecule has 0 fully saturated rings. The minimum atomic E-state index is -0.257. The van der Waals surface area contributed by atoms with E-state index in [-0.39, 0.29) is 12.4 Å². The molecule has 0 saturated carbocycles. The summed E-state index contributed by atoms with van der Waals surface area (Å²) in [5.41, 5.74) is 3.64. The Labute approximate surface area is 116 Å². The van der Waals surface area contributed by atoms with Gasteiger partial charge in [0.1, 0.15) is 5.65 Å². The van der Waals surface area contributed by atoms with Crippen molar-refractivity contribution in [2.75, 3.05) is 7.11 Å². The number of pyridine rings is 1. The standard InChI is InChI=1S/C16H14N2O2/c1-20-16(19)10-13-8-5-9-15-17-14(11-18(13)15)12-6-3-2-4-7-12/h2-9,11H,10H2,1H3. The Morgan fingerprint density at radius 1 is 1.15 bits per heavy atom. The van der Waals surface area contributed by atoms with Gasteiger partial charge in [-0.1, -0.05) is 36.4 Å². The second kappa shape index (κ2) is 5.17. The number of ether oxygens (including phenoxy) is 1. The molecule has 3 rings (SSSR count). The number of esters is 1. The molecule has 20 heavy (non-hydrogen) atoms. The molecule has 0 radical (unpaired) electrons. The number of carbonyl (C=O) groups excluding carboxylic acids is 1. The van der Waals surface area contributed by atoms with E-state index < -0.39 is 0 Å². The highest BCUT2D eigenvalue weighted by Crippen LogP contribution is 2.20. The van der Waals surface area contributed by atoms with Gasteiger partial charge in [-0.3, -0.25) is 4.79 Å². The number of nitrogens with zero attached hydrogens (tertiary/aromatic N) is 2. The summed E-state index contributed by atoms with van der Waals surface area (Å²) in [6, 6.07) is 15.7. The van der Waals surface area contributed by atoms with Crippen LogP contribution >= 0.6 is 0 Å². The smallest absolute Gasteiger partial charge is 0.311 e. The van der Waals surface area contributed by atoms with Gasteiger partial charge in [-0.05, 0) is 12.1 Å². The molecule has 0 aliphatic carbocycles. The third-order valence-electron chi connectivity index (χ3n) is 3.20. The first kappa shape index (κ1) is 12.4. The van der Waals surface area contributed by atoms with Crippen molar-refractivity contribution in [2.24, 2.45) is 0 Å². The lowest BCUT2D eigenvalue weighted by molar-refractivity contribution is -0.139. The summed E-state index contributed by atoms with van der Waals surface area (Å²) in [6.07, 6.45) is 2.18. The number of rotatable bonds is 3. The van der Waals surface area contributed by atoms with E-state index >= 15 is 0 Å². The van der Waals surface area contributed by atoms with Crippen molar-refractivity contribution in [1.29, 1.82) is 0 Å². The first-order valence-corrected chi connectivity index (χ1v) is 6.37. The molecule has 4 nitrogen and oxygen atoms in total. The van der Waals surface area contributed by atoms with Crippen molar-refractivity contribution in [1.82, 2.24) is 9.38 Å². The first-order chi connectivity index (χ1) is 9.78. The lowest BCUT2D eigenvalue weighted by Crippen LogP contribution is -2.07. The highest BCUT2D eigenvalue weighted by molar-refractivity contribution is 5.72. The van der Waals surface area contributed by atoms with Crippen LogP contribution in [0.2, 0.25) is 0 Å². The third-order valence-corrected chi connectivity index (χ3v) is 3.20. The zero-order valence-corrected chi connectivity index (χ0v) is 11.1. The molecular weight excluding hydrogens is 252 g/mol. The molecule has 3 aromatic rings. The van der Waals surface area contributed by atoms with E-state index in [4.69, 9.17) is 4.74 Å². The van der Waals surface area contributed by atoms with E-state index in [0.29, 0.717) is 0 Å². The Balaban J connectivity index is 2.07. The maximum Gasteiger partial charge on any atom is 0.311 e. The van der Waals surface area contributed by atoms with Crippen LogP contribution in [0.3, 0.4) is 0 Å². The van der Waals surface area contributed by atoms with Crippen LogP contribution < -0.4 is 0 Å². The van der Waals surface area contributed by atoms with Crippen molar-refractivity contribution >= 4 is 11.6 Å². The van der Waals surface area contributed by atoms with Gasteiger partial charge in [0, 0.05) is 17.5 Å². The SMILES string of the molecule is COC(=O)Cc1cccc2nc(-c3ccccc3)cn12. The molecule has 0 atom stereocenters. The molecule has 0 saturated heterocycles. The molecule has 0 bridgehead atoms. The van der Waals surface area contributed by atoms with Gasteiger partial charge in [0.25, 0.3) is 0 Å². The Hall–Kier alpha value is -2.62. The van der Waals surface area contributed by atoms with E-state index in [0.717, 1.165) is 22.6 Å². The molecular formula is C16H14N2O2. The number of methoxy groups -OCH3 is 1. The fraction of sp³-hybridized carbons (Fsp3) is 0.125. The molecule has 0 N–H and O–H groups in total. The molecule has 0 amide bonds. The predicted octanol–water partition coefficient (Wildman–Crippen LogP) is 2.72. The van der Waals surface area contributed by atoms with Gasteiger partial charge >= 0.3 is 5.97 Å². The maximum absolute atomic E-state index is 11.4. The second-order valence-electron chi connectivity index (χ2n) is 4.49. The summed E-state index contributed by atoms with van der Waals surface area (Å²) < 4.78 is 6.65. The van der Waals surface area contributed by atoms with Crippen LogP contribution in [0.25, 0.3) is 16.9 Å². The van der Waals surface area contributed by atoms with Crippen molar-refractivity contribution < 1.29 is 9.53 Å². The molecule has 0 spiro atoms. The van der Waals surface area contributed by atoms with Crippen LogP contribution in [0.1, 0.15) is 5.69 Å². The van der Waals surface area contributed by atoms with Gasteiger partial charge < -0.3 is 9.14 Å². The van der Waals surface area contributed by atoms with Gasteiger partial charge in [0.05, 0.1) is 19.2 Å². The predicted molar refractivity (Wildman–Crippen MR) is 76.3 cm³/mol.